The molecule has 0 unspecified atom stereocenters. The van der Waals surface area contributed by atoms with Crippen LogP contribution < -0.4 is 10.5 Å². The van der Waals surface area contributed by atoms with Gasteiger partial charge < -0.3 is 10.5 Å². The highest BCUT2D eigenvalue weighted by atomic mass is 35.5. The number of nitrogens with two attached hydrogens (primary N) is 1. The van der Waals surface area contributed by atoms with Gasteiger partial charge in [-0.05, 0) is 6.07 Å². The van der Waals surface area contributed by atoms with Crippen molar-refractivity contribution in [3.63, 3.8) is 0 Å². The van der Waals surface area contributed by atoms with Crippen LogP contribution in [0.2, 0.25) is 5.02 Å². The molecular formula is C11H8ClN5O3. The number of aromatic nitrogens is 2. The van der Waals surface area contributed by atoms with E-state index >= 15 is 0 Å². The third kappa shape index (κ3) is 2.98. The molecule has 102 valence electrons. The van der Waals surface area contributed by atoms with Gasteiger partial charge in [0.05, 0.1) is 17.3 Å². The minimum Gasteiger partial charge on any atom is -0.430 e. The number of nitro groups is 1. The normalized spacial score (nSPS) is 10.1. The topological polar surface area (TPSA) is 128 Å². The molecule has 1 aromatic heterocycles. The first-order chi connectivity index (χ1) is 9.47. The van der Waals surface area contributed by atoms with Crippen molar-refractivity contribution in [2.75, 3.05) is 0 Å². The number of benzene rings is 1. The second-order valence-electron chi connectivity index (χ2n) is 3.62. The monoisotopic (exact) mass is 293 g/mol. The second kappa shape index (κ2) is 5.49. The first-order valence-corrected chi connectivity index (χ1v) is 5.63. The van der Waals surface area contributed by atoms with Crippen LogP contribution in [-0.4, -0.2) is 20.7 Å². The highest BCUT2D eigenvalue weighted by Crippen LogP contribution is 2.32. The van der Waals surface area contributed by atoms with E-state index in [2.05, 4.69) is 9.97 Å². The van der Waals surface area contributed by atoms with Crippen LogP contribution in [-0.2, 0) is 0 Å². The lowest BCUT2D eigenvalue weighted by atomic mass is 10.3. The molecule has 2 aromatic rings. The van der Waals surface area contributed by atoms with Crippen LogP contribution in [0, 0.1) is 15.5 Å². The Balaban J connectivity index is 2.31. The lowest BCUT2D eigenvalue weighted by Gasteiger charge is -2.05. The van der Waals surface area contributed by atoms with Crippen LogP contribution in [0.15, 0.2) is 30.6 Å². The van der Waals surface area contributed by atoms with E-state index in [1.54, 1.807) is 0 Å². The molecule has 0 saturated heterocycles. The zero-order valence-electron chi connectivity index (χ0n) is 9.91. The van der Waals surface area contributed by atoms with Crippen LogP contribution in [0.25, 0.3) is 0 Å². The van der Waals surface area contributed by atoms with Gasteiger partial charge in [-0.25, -0.2) is 9.97 Å². The molecule has 1 aromatic carbocycles. The van der Waals surface area contributed by atoms with E-state index in [1.165, 1.54) is 30.6 Å². The molecule has 0 aliphatic rings. The molecule has 0 atom stereocenters. The fourth-order valence-corrected chi connectivity index (χ4v) is 1.50. The van der Waals surface area contributed by atoms with E-state index in [9.17, 15) is 10.1 Å². The van der Waals surface area contributed by atoms with Gasteiger partial charge >= 0.3 is 5.69 Å². The minimum atomic E-state index is -0.594. The number of hydrogen-bond acceptors (Lipinski definition) is 6. The predicted molar refractivity (Wildman–Crippen MR) is 71.2 cm³/mol. The summed E-state index contributed by atoms with van der Waals surface area (Å²) >= 11 is 5.77. The molecule has 0 aliphatic heterocycles. The maximum atomic E-state index is 10.9. The molecule has 0 amide bonds. The molecular weight excluding hydrogens is 286 g/mol. The molecule has 3 N–H and O–H groups in total. The summed E-state index contributed by atoms with van der Waals surface area (Å²) in [6.45, 7) is 0. The highest BCUT2D eigenvalue weighted by Gasteiger charge is 2.16. The van der Waals surface area contributed by atoms with Gasteiger partial charge in [-0.3, -0.25) is 15.5 Å². The lowest BCUT2D eigenvalue weighted by Crippen LogP contribution is -2.13. The van der Waals surface area contributed by atoms with Gasteiger partial charge in [-0.2, -0.15) is 0 Å². The van der Waals surface area contributed by atoms with Crippen molar-refractivity contribution < 1.29 is 9.66 Å². The Kier molecular flexibility index (Phi) is 3.76. The molecule has 0 bridgehead atoms. The first-order valence-electron chi connectivity index (χ1n) is 5.25. The standard InChI is InChI=1S/C11H8ClN5O3/c12-6-1-2-8(17(18)19)9(3-6)20-10-5-15-7(4-16-10)11(13)14/h1-5H,(H3,13,14). The zero-order valence-corrected chi connectivity index (χ0v) is 10.7. The number of nitrogen functional groups attached to an aromatic ring is 1. The summed E-state index contributed by atoms with van der Waals surface area (Å²) in [7, 11) is 0. The number of nitrogens with one attached hydrogen (secondary N) is 1. The Morgan fingerprint density at radius 1 is 1.40 bits per heavy atom. The quantitative estimate of drug-likeness (QED) is 0.384. The van der Waals surface area contributed by atoms with Crippen molar-refractivity contribution in [2.24, 2.45) is 5.73 Å². The average molecular weight is 294 g/mol. The molecule has 20 heavy (non-hydrogen) atoms. The number of hydrogen-bond donors (Lipinski definition) is 2. The highest BCUT2D eigenvalue weighted by molar-refractivity contribution is 6.30. The van der Waals surface area contributed by atoms with Crippen LogP contribution in [0.1, 0.15) is 5.69 Å². The number of rotatable bonds is 4. The molecule has 1 heterocycles. The molecule has 0 saturated carbocycles. The summed E-state index contributed by atoms with van der Waals surface area (Å²) in [6, 6.07) is 3.92. The SMILES string of the molecule is N=C(N)c1cnc(Oc2cc(Cl)ccc2[N+](=O)[O-])cn1. The van der Waals surface area contributed by atoms with Gasteiger partial charge in [0.25, 0.3) is 0 Å². The van der Waals surface area contributed by atoms with Crippen LogP contribution in [0.3, 0.4) is 0 Å². The van der Waals surface area contributed by atoms with Gasteiger partial charge in [0.2, 0.25) is 11.6 Å². The number of nitrogens with zero attached hydrogens (tertiary/aromatic N) is 3. The molecule has 2 rings (SSSR count). The first kappa shape index (κ1) is 13.7. The van der Waals surface area contributed by atoms with Gasteiger partial charge in [0.15, 0.2) is 0 Å². The molecule has 0 radical (unpaired) electrons. The number of ether oxygens (including phenoxy) is 1. The minimum absolute atomic E-state index is 0.0281. The molecule has 0 spiro atoms. The predicted octanol–water partition coefficient (Wildman–Crippen LogP) is 2.11. The Labute approximate surface area is 117 Å². The van der Waals surface area contributed by atoms with Gasteiger partial charge in [0, 0.05) is 17.2 Å². The third-order valence-electron chi connectivity index (χ3n) is 2.24. The van der Waals surface area contributed by atoms with Gasteiger partial charge in [-0.1, -0.05) is 11.6 Å². The fraction of sp³-hybridized carbons (Fsp3) is 0. The number of halogens is 1. The van der Waals surface area contributed by atoms with Gasteiger partial charge in [0.1, 0.15) is 11.5 Å². The fourth-order valence-electron chi connectivity index (χ4n) is 1.34. The van der Waals surface area contributed by atoms with Crippen molar-refractivity contribution in [3.05, 3.63) is 51.4 Å². The van der Waals surface area contributed by atoms with Crippen LogP contribution in [0.5, 0.6) is 11.6 Å². The molecule has 0 fully saturated rings. The second-order valence-corrected chi connectivity index (χ2v) is 4.06. The zero-order chi connectivity index (χ0) is 14.7. The van der Waals surface area contributed by atoms with Crippen molar-refractivity contribution in [1.29, 1.82) is 5.41 Å². The molecule has 8 nitrogen and oxygen atoms in total. The maximum absolute atomic E-state index is 10.9. The summed E-state index contributed by atoms with van der Waals surface area (Å²) in [5, 5.41) is 18.3. The van der Waals surface area contributed by atoms with E-state index in [0.717, 1.165) is 0 Å². The summed E-state index contributed by atoms with van der Waals surface area (Å²) in [4.78, 5) is 18.0. The van der Waals surface area contributed by atoms with Crippen LogP contribution >= 0.6 is 11.6 Å². The summed E-state index contributed by atoms with van der Waals surface area (Å²) in [5.41, 5.74) is 5.17. The van der Waals surface area contributed by atoms with Crippen molar-refractivity contribution >= 4 is 23.1 Å². The number of nitro benzene ring substituents is 1. The van der Waals surface area contributed by atoms with E-state index in [0.29, 0.717) is 5.02 Å². The van der Waals surface area contributed by atoms with Gasteiger partial charge in [-0.15, -0.1) is 0 Å². The van der Waals surface area contributed by atoms with Crippen molar-refractivity contribution in [1.82, 2.24) is 9.97 Å². The Morgan fingerprint density at radius 2 is 2.15 bits per heavy atom. The number of amidine groups is 1. The van der Waals surface area contributed by atoms with Crippen molar-refractivity contribution in [2.45, 2.75) is 0 Å². The van der Waals surface area contributed by atoms with E-state index in [4.69, 9.17) is 27.5 Å². The van der Waals surface area contributed by atoms with Crippen LogP contribution in [0.4, 0.5) is 5.69 Å². The lowest BCUT2D eigenvalue weighted by molar-refractivity contribution is -0.385. The van der Waals surface area contributed by atoms with Crippen molar-refractivity contribution in [3.8, 4) is 11.6 Å². The molecule has 0 aliphatic carbocycles. The molecule has 9 heteroatoms. The Hall–Kier alpha value is -2.74. The van der Waals surface area contributed by atoms with E-state index < -0.39 is 4.92 Å². The summed E-state index contributed by atoms with van der Waals surface area (Å²) in [6.07, 6.45) is 2.44. The Morgan fingerprint density at radius 3 is 2.70 bits per heavy atom. The van der Waals surface area contributed by atoms with E-state index in [-0.39, 0.29) is 28.8 Å². The van der Waals surface area contributed by atoms with E-state index in [1.807, 2.05) is 0 Å². The Bertz CT molecular complexity index is 674. The summed E-state index contributed by atoms with van der Waals surface area (Å²) < 4.78 is 5.28. The summed E-state index contributed by atoms with van der Waals surface area (Å²) in [5.74, 6) is -0.259. The third-order valence-corrected chi connectivity index (χ3v) is 2.47. The maximum Gasteiger partial charge on any atom is 0.311 e. The smallest absolute Gasteiger partial charge is 0.311 e. The average Bonchev–Trinajstić information content (AvgIpc) is 2.39. The largest absolute Gasteiger partial charge is 0.430 e.